The second kappa shape index (κ2) is 9.62. The lowest BCUT2D eigenvalue weighted by Crippen LogP contribution is -2.31. The molecule has 7 nitrogen and oxygen atoms in total. The Hall–Kier alpha value is -4.13. The molecule has 3 aromatic carbocycles. The summed E-state index contributed by atoms with van der Waals surface area (Å²) in [6.07, 6.45) is 0.147. The van der Waals surface area contributed by atoms with Gasteiger partial charge in [-0.15, -0.1) is 0 Å². The van der Waals surface area contributed by atoms with E-state index in [0.29, 0.717) is 18.7 Å². The van der Waals surface area contributed by atoms with Gasteiger partial charge in [-0.25, -0.2) is 4.79 Å². The van der Waals surface area contributed by atoms with Crippen LogP contribution in [0.4, 0.5) is 10.5 Å². The number of aliphatic carboxylic acids is 1. The second-order valence-electron chi connectivity index (χ2n) is 8.99. The van der Waals surface area contributed by atoms with Crippen LogP contribution in [0.5, 0.6) is 0 Å². The van der Waals surface area contributed by atoms with Crippen LogP contribution in [0.3, 0.4) is 0 Å². The second-order valence-corrected chi connectivity index (χ2v) is 8.99. The molecule has 35 heavy (non-hydrogen) atoms. The van der Waals surface area contributed by atoms with Crippen LogP contribution in [0.15, 0.2) is 72.8 Å². The minimum absolute atomic E-state index is 0.00662. The fourth-order valence-electron chi connectivity index (χ4n) is 4.93. The number of nitrogens with one attached hydrogen (secondary N) is 1. The summed E-state index contributed by atoms with van der Waals surface area (Å²) >= 11 is 0. The van der Waals surface area contributed by atoms with Gasteiger partial charge in [0.25, 0.3) is 0 Å². The highest BCUT2D eigenvalue weighted by atomic mass is 16.5. The van der Waals surface area contributed by atoms with Crippen LogP contribution in [0.25, 0.3) is 11.1 Å². The summed E-state index contributed by atoms with van der Waals surface area (Å²) in [5, 5.41) is 11.9. The van der Waals surface area contributed by atoms with Crippen molar-refractivity contribution < 1.29 is 24.2 Å². The molecule has 2 aliphatic rings. The Kier molecular flexibility index (Phi) is 6.23. The quantitative estimate of drug-likeness (QED) is 0.552. The van der Waals surface area contributed by atoms with E-state index in [9.17, 15) is 14.4 Å². The molecule has 1 aliphatic heterocycles. The highest BCUT2D eigenvalue weighted by molar-refractivity contribution is 5.85. The predicted octanol–water partition coefficient (Wildman–Crippen LogP) is 4.52. The minimum Gasteiger partial charge on any atom is -0.481 e. The van der Waals surface area contributed by atoms with Gasteiger partial charge in [0.1, 0.15) is 6.61 Å². The van der Waals surface area contributed by atoms with Gasteiger partial charge in [0, 0.05) is 24.7 Å². The summed E-state index contributed by atoms with van der Waals surface area (Å²) in [6.45, 7) is 0.965. The smallest absolute Gasteiger partial charge is 0.411 e. The van der Waals surface area contributed by atoms with Crippen LogP contribution in [0.2, 0.25) is 0 Å². The maximum Gasteiger partial charge on any atom is 0.411 e. The predicted molar refractivity (Wildman–Crippen MR) is 131 cm³/mol. The monoisotopic (exact) mass is 470 g/mol. The molecule has 178 valence electrons. The third-order valence-corrected chi connectivity index (χ3v) is 6.79. The number of carboxylic acid groups (broad SMARTS) is 1. The number of amides is 2. The number of rotatable bonds is 6. The van der Waals surface area contributed by atoms with E-state index >= 15 is 0 Å². The largest absolute Gasteiger partial charge is 0.481 e. The van der Waals surface area contributed by atoms with Crippen molar-refractivity contribution in [3.05, 3.63) is 89.5 Å². The van der Waals surface area contributed by atoms with Crippen molar-refractivity contribution in [1.82, 2.24) is 4.90 Å². The number of ether oxygens (including phenoxy) is 1. The molecule has 7 heteroatoms. The molecule has 0 radical (unpaired) electrons. The van der Waals surface area contributed by atoms with Gasteiger partial charge in [0.2, 0.25) is 5.91 Å². The van der Waals surface area contributed by atoms with Gasteiger partial charge in [0.05, 0.1) is 12.3 Å². The molecule has 1 atom stereocenters. The molecule has 1 saturated heterocycles. The molecule has 1 fully saturated rings. The Labute approximate surface area is 203 Å². The minimum atomic E-state index is -0.857. The molecule has 0 spiro atoms. The molecule has 0 aromatic heterocycles. The Morgan fingerprint density at radius 3 is 2.14 bits per heavy atom. The summed E-state index contributed by atoms with van der Waals surface area (Å²) in [4.78, 5) is 37.6. The van der Waals surface area contributed by atoms with E-state index in [4.69, 9.17) is 9.84 Å². The molecular weight excluding hydrogens is 444 g/mol. The number of carboxylic acids is 1. The number of nitrogens with zero attached hydrogens (tertiary/aromatic N) is 1. The van der Waals surface area contributed by atoms with E-state index in [1.807, 2.05) is 24.3 Å². The number of likely N-dealkylation sites (tertiary alicyclic amines) is 1. The number of fused-ring (bicyclic) bond motifs is 3. The SMILES string of the molecule is O=C(Nc1ccc(CC(=O)N2CCC(C(=O)O)C2)cc1)OCC1c2ccccc2-c2ccccc21. The molecule has 0 saturated carbocycles. The Balaban J connectivity index is 1.15. The first-order valence-electron chi connectivity index (χ1n) is 11.7. The van der Waals surface area contributed by atoms with E-state index in [0.717, 1.165) is 16.7 Å². The summed E-state index contributed by atoms with van der Waals surface area (Å²) in [5.74, 6) is -1.44. The molecule has 5 rings (SSSR count). The van der Waals surface area contributed by atoms with Crippen LogP contribution >= 0.6 is 0 Å². The third-order valence-electron chi connectivity index (χ3n) is 6.79. The van der Waals surface area contributed by atoms with Crippen LogP contribution in [0, 0.1) is 5.92 Å². The highest BCUT2D eigenvalue weighted by Crippen LogP contribution is 2.44. The molecular formula is C28H26N2O5. The average molecular weight is 471 g/mol. The van der Waals surface area contributed by atoms with Gasteiger partial charge in [-0.3, -0.25) is 14.9 Å². The van der Waals surface area contributed by atoms with Crippen molar-refractivity contribution in [2.45, 2.75) is 18.8 Å². The lowest BCUT2D eigenvalue weighted by molar-refractivity contribution is -0.141. The van der Waals surface area contributed by atoms with Crippen molar-refractivity contribution >= 4 is 23.7 Å². The molecule has 2 amide bonds. The molecule has 1 unspecified atom stereocenters. The molecule has 3 aromatic rings. The molecule has 0 bridgehead atoms. The van der Waals surface area contributed by atoms with Crippen molar-refractivity contribution in [1.29, 1.82) is 0 Å². The number of hydrogen-bond acceptors (Lipinski definition) is 4. The molecule has 1 aliphatic carbocycles. The first-order valence-corrected chi connectivity index (χ1v) is 11.7. The average Bonchev–Trinajstić information content (AvgIpc) is 3.48. The fraction of sp³-hybridized carbons (Fsp3) is 0.250. The van der Waals surface area contributed by atoms with Crippen LogP contribution in [-0.2, 0) is 20.7 Å². The zero-order valence-electron chi connectivity index (χ0n) is 19.1. The van der Waals surface area contributed by atoms with Crippen LogP contribution in [-0.4, -0.2) is 47.7 Å². The first-order chi connectivity index (χ1) is 17.0. The highest BCUT2D eigenvalue weighted by Gasteiger charge is 2.31. The first kappa shape index (κ1) is 22.7. The summed E-state index contributed by atoms with van der Waals surface area (Å²) in [6, 6.07) is 23.4. The maximum absolute atomic E-state index is 12.5. The van der Waals surface area contributed by atoms with Gasteiger partial charge in [-0.1, -0.05) is 60.7 Å². The maximum atomic E-state index is 12.5. The third kappa shape index (κ3) is 4.75. The number of anilines is 1. The van der Waals surface area contributed by atoms with Gasteiger partial charge < -0.3 is 14.7 Å². The molecule has 2 N–H and O–H groups in total. The van der Waals surface area contributed by atoms with Crippen molar-refractivity contribution in [2.24, 2.45) is 5.92 Å². The Bertz CT molecular complexity index is 1220. The topological polar surface area (TPSA) is 95.9 Å². The Morgan fingerprint density at radius 2 is 1.54 bits per heavy atom. The van der Waals surface area contributed by atoms with Crippen molar-refractivity contribution in [3.63, 3.8) is 0 Å². The summed E-state index contributed by atoms with van der Waals surface area (Å²) in [5.41, 5.74) is 6.04. The zero-order valence-corrected chi connectivity index (χ0v) is 19.1. The van der Waals surface area contributed by atoms with E-state index in [2.05, 4.69) is 29.6 Å². The van der Waals surface area contributed by atoms with E-state index in [-0.39, 0.29) is 31.4 Å². The number of benzene rings is 3. The normalized spacial score (nSPS) is 16.5. The van der Waals surface area contributed by atoms with Gasteiger partial charge in [0.15, 0.2) is 0 Å². The van der Waals surface area contributed by atoms with Crippen LogP contribution in [0.1, 0.15) is 29.0 Å². The number of carbonyl (C=O) groups excluding carboxylic acids is 2. The van der Waals surface area contributed by atoms with Gasteiger partial charge in [-0.05, 0) is 46.4 Å². The van der Waals surface area contributed by atoms with E-state index in [1.165, 1.54) is 11.1 Å². The van der Waals surface area contributed by atoms with E-state index < -0.39 is 18.0 Å². The van der Waals surface area contributed by atoms with Crippen molar-refractivity contribution in [3.8, 4) is 11.1 Å². The fourth-order valence-corrected chi connectivity index (χ4v) is 4.93. The lowest BCUT2D eigenvalue weighted by atomic mass is 9.98. The summed E-state index contributed by atoms with van der Waals surface area (Å²) < 4.78 is 5.58. The number of hydrogen-bond donors (Lipinski definition) is 2. The standard InChI is InChI=1S/C28H26N2O5/c31-26(30-14-13-19(16-30)27(32)33)15-18-9-11-20(12-10-18)29-28(34)35-17-25-23-7-3-1-5-21(23)22-6-2-4-8-24(22)25/h1-12,19,25H,13-17H2,(H,29,34)(H,32,33). The van der Waals surface area contributed by atoms with E-state index in [1.54, 1.807) is 29.2 Å². The van der Waals surface area contributed by atoms with Gasteiger partial charge >= 0.3 is 12.1 Å². The number of carbonyl (C=O) groups is 3. The van der Waals surface area contributed by atoms with Crippen LogP contribution < -0.4 is 5.32 Å². The zero-order chi connectivity index (χ0) is 24.4. The summed E-state index contributed by atoms with van der Waals surface area (Å²) in [7, 11) is 0. The Morgan fingerprint density at radius 1 is 0.914 bits per heavy atom. The van der Waals surface area contributed by atoms with Crippen molar-refractivity contribution in [2.75, 3.05) is 25.0 Å². The molecule has 1 heterocycles. The van der Waals surface area contributed by atoms with Gasteiger partial charge in [-0.2, -0.15) is 0 Å². The lowest BCUT2D eigenvalue weighted by Gasteiger charge is -2.16.